The van der Waals surface area contributed by atoms with E-state index in [-0.39, 0.29) is 0 Å². The molecule has 0 amide bonds. The molecule has 6 nitrogen and oxygen atoms in total. The molecule has 0 bridgehead atoms. The Hall–Kier alpha value is -2.41. The van der Waals surface area contributed by atoms with Crippen LogP contribution in [0.5, 0.6) is 0 Å². The lowest BCUT2D eigenvalue weighted by Gasteiger charge is -1.93. The Kier molecular flexibility index (Phi) is 2.45. The molecule has 2 heterocycles. The molecule has 3 aromatic rings. The third kappa shape index (κ3) is 1.70. The highest BCUT2D eigenvalue weighted by Gasteiger charge is 2.13. The van der Waals surface area contributed by atoms with Crippen molar-refractivity contribution < 1.29 is 4.52 Å². The maximum absolute atomic E-state index is 5.72. The van der Waals surface area contributed by atoms with E-state index in [4.69, 9.17) is 22.6 Å². The predicted molar refractivity (Wildman–Crippen MR) is 68.5 cm³/mol. The van der Waals surface area contributed by atoms with Crippen LogP contribution < -0.4 is 5.84 Å². The quantitative estimate of drug-likeness (QED) is 0.543. The molecule has 0 spiro atoms. The van der Waals surface area contributed by atoms with Gasteiger partial charge in [-0.1, -0.05) is 35.5 Å². The van der Waals surface area contributed by atoms with Crippen LogP contribution in [0, 0.1) is 4.77 Å². The summed E-state index contributed by atoms with van der Waals surface area (Å²) in [5.41, 5.74) is 1.47. The number of nitrogens with one attached hydrogen (secondary N) is 1. The first-order chi connectivity index (χ1) is 8.75. The van der Waals surface area contributed by atoms with Crippen LogP contribution in [0.4, 0.5) is 0 Å². The number of aromatic nitrogens is 4. The van der Waals surface area contributed by atoms with Gasteiger partial charge in [-0.25, -0.2) is 9.77 Å². The van der Waals surface area contributed by atoms with Gasteiger partial charge >= 0.3 is 0 Å². The third-order valence-electron chi connectivity index (χ3n) is 2.50. The van der Waals surface area contributed by atoms with Crippen molar-refractivity contribution in [2.45, 2.75) is 0 Å². The maximum Gasteiger partial charge on any atom is 0.214 e. The van der Waals surface area contributed by atoms with Crippen molar-refractivity contribution in [2.24, 2.45) is 0 Å². The van der Waals surface area contributed by atoms with Gasteiger partial charge in [0.25, 0.3) is 0 Å². The summed E-state index contributed by atoms with van der Waals surface area (Å²) in [6.07, 6.45) is 0. The summed E-state index contributed by atoms with van der Waals surface area (Å²) >= 11 is 4.94. The first-order valence-electron chi connectivity index (χ1n) is 5.21. The zero-order valence-electron chi connectivity index (χ0n) is 9.20. The summed E-state index contributed by atoms with van der Waals surface area (Å²) < 4.78 is 6.84. The second kappa shape index (κ2) is 4.11. The van der Waals surface area contributed by atoms with Gasteiger partial charge in [-0.15, -0.1) is 0 Å². The van der Waals surface area contributed by atoms with Crippen LogP contribution >= 0.6 is 12.2 Å². The van der Waals surface area contributed by atoms with Crippen LogP contribution in [0.2, 0.25) is 0 Å². The number of rotatable bonds is 2. The Bertz CT molecular complexity index is 727. The predicted octanol–water partition coefficient (Wildman–Crippen LogP) is 1.98. The lowest BCUT2D eigenvalue weighted by atomic mass is 10.1. The summed E-state index contributed by atoms with van der Waals surface area (Å²) in [7, 11) is 0. The first-order valence-corrected chi connectivity index (χ1v) is 5.61. The van der Waals surface area contributed by atoms with Crippen molar-refractivity contribution in [1.82, 2.24) is 20.0 Å². The highest BCUT2D eigenvalue weighted by Crippen LogP contribution is 2.23. The second-order valence-corrected chi connectivity index (χ2v) is 4.05. The van der Waals surface area contributed by atoms with Crippen molar-refractivity contribution in [1.29, 1.82) is 0 Å². The molecule has 0 aliphatic carbocycles. The molecule has 3 rings (SSSR count). The van der Waals surface area contributed by atoms with Crippen LogP contribution in [0.25, 0.3) is 22.8 Å². The van der Waals surface area contributed by atoms with Gasteiger partial charge in [0.1, 0.15) is 0 Å². The Balaban J connectivity index is 2.05. The Morgan fingerprint density at radius 3 is 2.72 bits per heavy atom. The minimum Gasteiger partial charge on any atom is -0.356 e. The van der Waals surface area contributed by atoms with E-state index in [1.165, 1.54) is 4.68 Å². The van der Waals surface area contributed by atoms with Crippen molar-refractivity contribution in [2.75, 3.05) is 5.84 Å². The number of aromatic amines is 1. The molecule has 0 saturated carbocycles. The zero-order valence-corrected chi connectivity index (χ0v) is 10.0. The van der Waals surface area contributed by atoms with E-state index in [9.17, 15) is 0 Å². The van der Waals surface area contributed by atoms with Crippen LogP contribution in [0.1, 0.15) is 0 Å². The summed E-state index contributed by atoms with van der Waals surface area (Å²) in [4.78, 5) is 0. The molecule has 7 heteroatoms. The van der Waals surface area contributed by atoms with Crippen molar-refractivity contribution in [3.63, 3.8) is 0 Å². The molecule has 90 valence electrons. The Morgan fingerprint density at radius 1 is 1.28 bits per heavy atom. The second-order valence-electron chi connectivity index (χ2n) is 3.66. The zero-order chi connectivity index (χ0) is 12.5. The van der Waals surface area contributed by atoms with Crippen molar-refractivity contribution in [3.05, 3.63) is 41.2 Å². The summed E-state index contributed by atoms with van der Waals surface area (Å²) in [6.45, 7) is 0. The summed E-state index contributed by atoms with van der Waals surface area (Å²) in [5.74, 6) is 6.81. The fourth-order valence-electron chi connectivity index (χ4n) is 1.60. The number of hydrogen-bond acceptors (Lipinski definition) is 5. The van der Waals surface area contributed by atoms with Gasteiger partial charge in [-0.3, -0.25) is 0 Å². The number of nitrogens with two attached hydrogens (primary N) is 1. The molecule has 0 saturated heterocycles. The summed E-state index contributed by atoms with van der Waals surface area (Å²) in [5, 5.41) is 10.5. The van der Waals surface area contributed by atoms with E-state index >= 15 is 0 Å². The smallest absolute Gasteiger partial charge is 0.214 e. The van der Waals surface area contributed by atoms with Gasteiger partial charge in [-0.2, -0.15) is 5.10 Å². The van der Waals surface area contributed by atoms with Crippen LogP contribution in [0.15, 0.2) is 40.9 Å². The first kappa shape index (κ1) is 10.7. The van der Waals surface area contributed by atoms with Gasteiger partial charge in [0.05, 0.1) is 0 Å². The van der Waals surface area contributed by atoms with Gasteiger partial charge in [0, 0.05) is 11.6 Å². The van der Waals surface area contributed by atoms with Gasteiger partial charge < -0.3 is 10.4 Å². The largest absolute Gasteiger partial charge is 0.356 e. The normalized spacial score (nSPS) is 10.7. The van der Waals surface area contributed by atoms with E-state index < -0.39 is 0 Å². The summed E-state index contributed by atoms with van der Waals surface area (Å²) in [6, 6.07) is 11.4. The Labute approximate surface area is 107 Å². The van der Waals surface area contributed by atoms with Crippen LogP contribution in [0.3, 0.4) is 0 Å². The molecule has 0 aliphatic heterocycles. The molecule has 18 heavy (non-hydrogen) atoms. The molecule has 3 N–H and O–H groups in total. The number of hydrogen-bond donors (Lipinski definition) is 2. The average Bonchev–Trinajstić information content (AvgIpc) is 3.00. The molecule has 0 atom stereocenters. The maximum atomic E-state index is 5.72. The Morgan fingerprint density at radius 2 is 2.06 bits per heavy atom. The highest BCUT2D eigenvalue weighted by molar-refractivity contribution is 7.71. The number of H-pyrrole nitrogens is 1. The molecule has 0 radical (unpaired) electrons. The van der Waals surface area contributed by atoms with Crippen LogP contribution in [-0.2, 0) is 0 Å². The van der Waals surface area contributed by atoms with Gasteiger partial charge in [-0.05, 0) is 12.2 Å². The standard InChI is InChI=1S/C11H9N5OS/c12-16-10(13-14-11(16)18)8-6-9(17-15-8)7-4-2-1-3-5-7/h1-6H,12H2,(H,14,18). The molecular weight excluding hydrogens is 250 g/mol. The van der Waals surface area contributed by atoms with Crippen LogP contribution in [-0.4, -0.2) is 20.0 Å². The highest BCUT2D eigenvalue weighted by atomic mass is 32.1. The fraction of sp³-hybridized carbons (Fsp3) is 0. The van der Waals surface area contributed by atoms with Crippen molar-refractivity contribution >= 4 is 12.2 Å². The van der Waals surface area contributed by atoms with Gasteiger partial charge in [0.2, 0.25) is 10.6 Å². The molecular formula is C11H9N5OS. The number of nitrogen functional groups attached to an aromatic ring is 1. The van der Waals surface area contributed by atoms with E-state index in [1.54, 1.807) is 6.07 Å². The molecule has 0 unspecified atom stereocenters. The average molecular weight is 259 g/mol. The minimum atomic E-state index is 0.328. The fourth-order valence-corrected chi connectivity index (χ4v) is 1.74. The van der Waals surface area contributed by atoms with E-state index in [0.29, 0.717) is 22.0 Å². The third-order valence-corrected chi connectivity index (χ3v) is 2.79. The lowest BCUT2D eigenvalue weighted by molar-refractivity contribution is 0.434. The van der Waals surface area contributed by atoms with E-state index in [0.717, 1.165) is 5.56 Å². The lowest BCUT2D eigenvalue weighted by Crippen LogP contribution is -2.09. The SMILES string of the molecule is Nn1c(-c2cc(-c3ccccc3)on2)n[nH]c1=S. The van der Waals surface area contributed by atoms with Crippen molar-refractivity contribution in [3.8, 4) is 22.8 Å². The molecule has 0 fully saturated rings. The number of benzene rings is 1. The minimum absolute atomic E-state index is 0.328. The topological polar surface area (TPSA) is 85.7 Å². The molecule has 2 aromatic heterocycles. The van der Waals surface area contributed by atoms with E-state index in [2.05, 4.69) is 15.4 Å². The monoisotopic (exact) mass is 259 g/mol. The van der Waals surface area contributed by atoms with E-state index in [1.807, 2.05) is 30.3 Å². The molecule has 0 aliphatic rings. The number of nitrogens with zero attached hydrogens (tertiary/aromatic N) is 3. The van der Waals surface area contributed by atoms with Gasteiger partial charge in [0.15, 0.2) is 11.5 Å². The molecule has 1 aromatic carbocycles.